The fourth-order valence-electron chi connectivity index (χ4n) is 10.1. The van der Waals surface area contributed by atoms with E-state index in [-0.39, 0.29) is 51.6 Å². The van der Waals surface area contributed by atoms with Crippen LogP contribution in [0.4, 0.5) is 0 Å². The summed E-state index contributed by atoms with van der Waals surface area (Å²) in [6.45, 7) is 13.2. The summed E-state index contributed by atoms with van der Waals surface area (Å²) >= 11 is 1.42. The summed E-state index contributed by atoms with van der Waals surface area (Å²) in [4.78, 5) is 47.3. The lowest BCUT2D eigenvalue weighted by atomic mass is 9.32. The van der Waals surface area contributed by atoms with Gasteiger partial charge in [0.05, 0.1) is 18.2 Å². The molecule has 4 aliphatic carbocycles. The first-order valence-corrected chi connectivity index (χ1v) is 17.4. The van der Waals surface area contributed by atoms with Gasteiger partial charge in [-0.3, -0.25) is 14.4 Å². The van der Waals surface area contributed by atoms with Crippen LogP contribution in [0.15, 0.2) is 54.3 Å². The lowest BCUT2D eigenvalue weighted by Crippen LogP contribution is -2.71. The minimum absolute atomic E-state index is 0.0249. The number of aryl methyl sites for hydroxylation is 1. The molecule has 0 saturated heterocycles. The number of hydrogen-bond donors (Lipinski definition) is 3. The van der Waals surface area contributed by atoms with E-state index >= 15 is 0 Å². The Morgan fingerprint density at radius 1 is 1.27 bits per heavy atom. The molecule has 1 aromatic carbocycles. The first-order chi connectivity index (χ1) is 21.4. The number of aromatic amines is 1. The van der Waals surface area contributed by atoms with Gasteiger partial charge < -0.3 is 20.1 Å². The predicted octanol–water partition coefficient (Wildman–Crippen LogP) is 5.66. The summed E-state index contributed by atoms with van der Waals surface area (Å²) in [7, 11) is 0. The molecule has 2 aromatic rings. The van der Waals surface area contributed by atoms with Gasteiger partial charge in [-0.25, -0.2) is 4.98 Å². The van der Waals surface area contributed by atoms with Gasteiger partial charge in [-0.2, -0.15) is 0 Å². The van der Waals surface area contributed by atoms with E-state index in [0.717, 1.165) is 35.4 Å². The maximum Gasteiger partial charge on any atom is 0.316 e. The minimum atomic E-state index is -0.633. The van der Waals surface area contributed by atoms with Gasteiger partial charge in [0.15, 0.2) is 0 Å². The molecule has 1 amide bonds. The van der Waals surface area contributed by atoms with Crippen LogP contribution in [0.25, 0.3) is 0 Å². The lowest BCUT2D eigenvalue weighted by Gasteiger charge is -2.71. The number of nitrogens with one attached hydrogen (secondary N) is 2. The van der Waals surface area contributed by atoms with Crippen molar-refractivity contribution in [3.8, 4) is 0 Å². The van der Waals surface area contributed by atoms with Crippen molar-refractivity contribution in [2.75, 3.05) is 5.75 Å². The SMILES string of the molecule is C=C[C@]1(C)C[C@@H](OC(=O)CSc2cccc(CNC(=O)CCc3cnc[nH]3)c2)[C@]2(C)C(C)CC34CC(CCC3=O)(C42)[C@@H](C)[C@@H]1O. The number of carbonyl (C=O) groups excluding carboxylic acids is 3. The van der Waals surface area contributed by atoms with Crippen LogP contribution in [0, 0.1) is 39.4 Å². The molecule has 2 bridgehead atoms. The third-order valence-corrected chi connectivity index (χ3v) is 13.5. The number of nitrogens with zero attached hydrogens (tertiary/aromatic N) is 1. The van der Waals surface area contributed by atoms with Crippen LogP contribution >= 0.6 is 11.8 Å². The monoisotopic (exact) mass is 633 g/mol. The Hall–Kier alpha value is -2.91. The molecule has 6 rings (SSSR count). The van der Waals surface area contributed by atoms with Gasteiger partial charge in [0, 0.05) is 52.4 Å². The molecule has 4 fully saturated rings. The molecule has 4 unspecified atom stereocenters. The zero-order valence-corrected chi connectivity index (χ0v) is 27.8. The second-order valence-corrected chi connectivity index (χ2v) is 15.9. The highest BCUT2D eigenvalue weighted by Gasteiger charge is 2.81. The summed E-state index contributed by atoms with van der Waals surface area (Å²) in [5.41, 5.74) is 0.399. The molecular weight excluding hydrogens is 586 g/mol. The molecule has 0 aliphatic heterocycles. The maximum absolute atomic E-state index is 13.6. The average Bonchev–Trinajstić information content (AvgIpc) is 3.61. The van der Waals surface area contributed by atoms with E-state index in [1.807, 2.05) is 37.3 Å². The van der Waals surface area contributed by atoms with E-state index < -0.39 is 17.6 Å². The van der Waals surface area contributed by atoms with E-state index in [2.05, 4.69) is 42.6 Å². The quantitative estimate of drug-likeness (QED) is 0.175. The van der Waals surface area contributed by atoms with Gasteiger partial charge in [-0.15, -0.1) is 18.3 Å². The number of H-pyrrole nitrogens is 1. The fraction of sp³-hybridized carbons (Fsp3) is 0.611. The summed E-state index contributed by atoms with van der Waals surface area (Å²) in [5, 5.41) is 14.8. The third kappa shape index (κ3) is 5.18. The van der Waals surface area contributed by atoms with E-state index in [9.17, 15) is 19.5 Å². The Morgan fingerprint density at radius 3 is 2.80 bits per heavy atom. The number of amides is 1. The summed E-state index contributed by atoms with van der Waals surface area (Å²) < 4.78 is 6.45. The van der Waals surface area contributed by atoms with Crippen LogP contribution in [0.2, 0.25) is 0 Å². The highest BCUT2D eigenvalue weighted by molar-refractivity contribution is 8.00. The van der Waals surface area contributed by atoms with Crippen molar-refractivity contribution in [1.29, 1.82) is 0 Å². The van der Waals surface area contributed by atoms with E-state index in [0.29, 0.717) is 38.0 Å². The van der Waals surface area contributed by atoms with E-state index in [4.69, 9.17) is 4.74 Å². The van der Waals surface area contributed by atoms with Crippen LogP contribution in [0.5, 0.6) is 0 Å². The van der Waals surface area contributed by atoms with Crippen molar-refractivity contribution in [3.05, 3.63) is 60.7 Å². The topological polar surface area (TPSA) is 121 Å². The highest BCUT2D eigenvalue weighted by atomic mass is 32.2. The first-order valence-electron chi connectivity index (χ1n) is 16.4. The Balaban J connectivity index is 1.14. The molecule has 4 saturated carbocycles. The van der Waals surface area contributed by atoms with Gasteiger partial charge in [0.1, 0.15) is 11.9 Å². The molecule has 8 nitrogen and oxygen atoms in total. The molecule has 9 atom stereocenters. The highest BCUT2D eigenvalue weighted by Crippen LogP contribution is 2.82. The Labute approximate surface area is 270 Å². The van der Waals surface area contributed by atoms with Crippen molar-refractivity contribution in [2.45, 2.75) is 96.3 Å². The maximum atomic E-state index is 13.6. The van der Waals surface area contributed by atoms with Crippen LogP contribution in [0.3, 0.4) is 0 Å². The third-order valence-electron chi connectivity index (χ3n) is 12.5. The lowest BCUT2D eigenvalue weighted by molar-refractivity contribution is -0.257. The molecule has 45 heavy (non-hydrogen) atoms. The number of Topliss-reactive ketones (excluding diaryl/α,β-unsaturated/α-hetero) is 1. The summed E-state index contributed by atoms with van der Waals surface area (Å²) in [5.74, 6) is 0.516. The molecule has 1 heterocycles. The zero-order chi connectivity index (χ0) is 32.2. The van der Waals surface area contributed by atoms with E-state index in [1.54, 1.807) is 12.5 Å². The normalized spacial score (nSPS) is 38.3. The van der Waals surface area contributed by atoms with Crippen LogP contribution in [0.1, 0.15) is 77.5 Å². The number of aliphatic hydroxyl groups excluding tert-OH is 1. The van der Waals surface area contributed by atoms with Gasteiger partial charge in [0.25, 0.3) is 0 Å². The number of carbonyl (C=O) groups is 3. The average molecular weight is 634 g/mol. The largest absolute Gasteiger partial charge is 0.461 e. The number of esters is 1. The number of hydrogen-bond acceptors (Lipinski definition) is 7. The van der Waals surface area contributed by atoms with Crippen LogP contribution < -0.4 is 5.32 Å². The number of thioether (sulfide) groups is 1. The van der Waals surface area contributed by atoms with Crippen molar-refractivity contribution < 1.29 is 24.2 Å². The van der Waals surface area contributed by atoms with Crippen molar-refractivity contribution >= 4 is 29.4 Å². The summed E-state index contributed by atoms with van der Waals surface area (Å²) in [6, 6.07) is 7.84. The zero-order valence-electron chi connectivity index (χ0n) is 26.9. The molecule has 4 aliphatic rings. The molecule has 2 spiro atoms. The number of rotatable bonds is 10. The van der Waals surface area contributed by atoms with Crippen molar-refractivity contribution in [3.63, 3.8) is 0 Å². The molecule has 9 heteroatoms. The number of benzene rings is 1. The smallest absolute Gasteiger partial charge is 0.316 e. The molecule has 1 aromatic heterocycles. The second-order valence-electron chi connectivity index (χ2n) is 14.8. The van der Waals surface area contributed by atoms with Gasteiger partial charge in [-0.05, 0) is 73.0 Å². The Kier molecular flexibility index (Phi) is 8.34. The Bertz CT molecular complexity index is 1480. The van der Waals surface area contributed by atoms with Gasteiger partial charge >= 0.3 is 5.97 Å². The van der Waals surface area contributed by atoms with Gasteiger partial charge in [-0.1, -0.05) is 45.9 Å². The fourth-order valence-corrected chi connectivity index (χ4v) is 10.8. The number of ether oxygens (including phenoxy) is 1. The molecule has 3 N–H and O–H groups in total. The minimum Gasteiger partial charge on any atom is -0.461 e. The van der Waals surface area contributed by atoms with Crippen molar-refractivity contribution in [2.24, 2.45) is 39.4 Å². The predicted molar refractivity (Wildman–Crippen MR) is 173 cm³/mol. The van der Waals surface area contributed by atoms with Crippen molar-refractivity contribution in [1.82, 2.24) is 15.3 Å². The second kappa shape index (κ2) is 11.7. The molecule has 0 radical (unpaired) electrons. The first kappa shape index (κ1) is 32.0. The van der Waals surface area contributed by atoms with Gasteiger partial charge in [0.2, 0.25) is 5.91 Å². The van der Waals surface area contributed by atoms with Crippen LogP contribution in [-0.4, -0.2) is 50.7 Å². The standard InChI is InChI=1S/C36H47N3O5S/c1-6-33(4)16-28(34(5)22(2)15-36-20-35(32(34)36,13-12-27(36)40)23(3)31(33)43)44-30(42)19-45-26-9-7-8-24(14-26)17-38-29(41)11-10-25-18-37-21-39-25/h6-9,14,18,21-23,28,31-32,43H,1,10-13,15-17,19-20H2,2-5H3,(H,37,39)(H,38,41)/t22?,23-,28+,31-,32?,33+,34-,35?,36?/m0/s1. The number of ketones is 1. The number of aliphatic hydroxyl groups is 1. The molecular formula is C36H47N3O5S. The number of aromatic nitrogens is 2. The van der Waals surface area contributed by atoms with E-state index in [1.165, 1.54) is 11.8 Å². The Morgan fingerprint density at radius 2 is 2.07 bits per heavy atom. The number of imidazole rings is 1. The summed E-state index contributed by atoms with van der Waals surface area (Å²) in [6.07, 6.45) is 8.61. The molecule has 242 valence electrons. The van der Waals surface area contributed by atoms with Crippen LogP contribution in [-0.2, 0) is 32.1 Å².